The molecule has 3 atom stereocenters. The van der Waals surface area contributed by atoms with Crippen molar-refractivity contribution in [3.63, 3.8) is 0 Å². The van der Waals surface area contributed by atoms with E-state index in [1.54, 1.807) is 6.92 Å². The third kappa shape index (κ3) is 3.84. The van der Waals surface area contributed by atoms with Crippen LogP contribution in [0.3, 0.4) is 0 Å². The van der Waals surface area contributed by atoms with E-state index < -0.39 is 40.3 Å². The monoisotopic (exact) mass is 502 g/mol. The van der Waals surface area contributed by atoms with Crippen LogP contribution in [0.15, 0.2) is 24.3 Å². The molecule has 3 amide bonds. The number of hydrogen-bond acceptors (Lipinski definition) is 4. The molecule has 0 saturated heterocycles. The number of alkyl halides is 1. The second-order valence-electron chi connectivity index (χ2n) is 9.73. The van der Waals surface area contributed by atoms with E-state index in [0.717, 1.165) is 6.42 Å². The summed E-state index contributed by atoms with van der Waals surface area (Å²) in [6.07, 6.45) is 0.894. The second kappa shape index (κ2) is 7.95. The number of halogens is 2. The van der Waals surface area contributed by atoms with Crippen molar-refractivity contribution in [3.8, 4) is 0 Å². The maximum absolute atomic E-state index is 14.2. The van der Waals surface area contributed by atoms with Crippen LogP contribution >= 0.6 is 9.24 Å². The van der Waals surface area contributed by atoms with Gasteiger partial charge >= 0.3 is 0 Å². The number of rotatable bonds is 6. The van der Waals surface area contributed by atoms with Crippen molar-refractivity contribution in [1.29, 1.82) is 0 Å². The van der Waals surface area contributed by atoms with Gasteiger partial charge in [-0.25, -0.2) is 8.78 Å². The Morgan fingerprint density at radius 2 is 1.80 bits per heavy atom. The number of ketones is 1. The standard InChI is InChI=1S/C24H25F2N4O4P/c1-11-17(19(31)21(33)29-23(22(34)27-2)9-24(26,35)10-23)16-8-12-7-15(12)30(16)18(11)20(32)28-14-5-3-13(25)4-6-14/h3-6,12,15H,7-10,35H2,1-2H3,(H,27,34)(H,28,32)(H,29,33). The highest BCUT2D eigenvalue weighted by molar-refractivity contribution is 7.18. The molecular formula is C24H25F2N4O4P. The predicted molar refractivity (Wildman–Crippen MR) is 126 cm³/mol. The minimum absolute atomic E-state index is 0.0791. The number of benzene rings is 1. The highest BCUT2D eigenvalue weighted by Crippen LogP contribution is 2.54. The molecule has 2 fully saturated rings. The molecule has 0 spiro atoms. The smallest absolute Gasteiger partial charge is 0.293 e. The molecule has 0 bridgehead atoms. The number of Topliss-reactive ketones (excluding diaryl/α,β-unsaturated/α-hetero) is 1. The molecule has 3 N–H and O–H groups in total. The summed E-state index contributed by atoms with van der Waals surface area (Å²) in [4.78, 5) is 51.9. The Balaban J connectivity index is 1.44. The van der Waals surface area contributed by atoms with E-state index in [4.69, 9.17) is 0 Å². The maximum Gasteiger partial charge on any atom is 0.293 e. The van der Waals surface area contributed by atoms with Crippen molar-refractivity contribution in [1.82, 2.24) is 15.2 Å². The van der Waals surface area contributed by atoms with Gasteiger partial charge in [-0.15, -0.1) is 0 Å². The summed E-state index contributed by atoms with van der Waals surface area (Å²) in [5.74, 6) is -3.06. The van der Waals surface area contributed by atoms with E-state index in [2.05, 4.69) is 16.0 Å². The second-order valence-corrected chi connectivity index (χ2v) is 10.8. The number of likely N-dealkylation sites (N-methyl/N-ethyl adjacent to an activating group) is 1. The molecule has 5 rings (SSSR count). The van der Waals surface area contributed by atoms with Crippen molar-refractivity contribution in [2.24, 2.45) is 5.92 Å². The zero-order valence-electron chi connectivity index (χ0n) is 19.2. The average Bonchev–Trinajstić information content (AvgIpc) is 3.36. The zero-order valence-corrected chi connectivity index (χ0v) is 20.4. The first kappa shape index (κ1) is 23.6. The average molecular weight is 502 g/mol. The lowest BCUT2D eigenvalue weighted by atomic mass is 9.73. The van der Waals surface area contributed by atoms with Gasteiger partial charge in [-0.05, 0) is 55.5 Å². The summed E-state index contributed by atoms with van der Waals surface area (Å²) in [6.45, 7) is 1.61. The number of amides is 3. The fourth-order valence-corrected chi connectivity index (χ4v) is 6.24. The third-order valence-electron chi connectivity index (χ3n) is 7.18. The quantitative estimate of drug-likeness (QED) is 0.320. The number of fused-ring (bicyclic) bond motifs is 3. The van der Waals surface area contributed by atoms with Crippen LogP contribution in [-0.2, 0) is 16.0 Å². The molecule has 3 unspecified atom stereocenters. The molecule has 35 heavy (non-hydrogen) atoms. The largest absolute Gasteiger partial charge is 0.357 e. The summed E-state index contributed by atoms with van der Waals surface area (Å²) in [5, 5.41) is 5.90. The minimum atomic E-state index is -1.71. The molecule has 184 valence electrons. The van der Waals surface area contributed by atoms with Crippen LogP contribution in [0.25, 0.3) is 0 Å². The summed E-state index contributed by atoms with van der Waals surface area (Å²) >= 11 is 0. The van der Waals surface area contributed by atoms with Crippen LogP contribution in [-0.4, -0.2) is 46.1 Å². The molecule has 1 aliphatic heterocycles. The van der Waals surface area contributed by atoms with Crippen molar-refractivity contribution in [2.45, 2.75) is 49.6 Å². The Morgan fingerprint density at radius 1 is 1.14 bits per heavy atom. The Labute approximate surface area is 202 Å². The van der Waals surface area contributed by atoms with Crippen molar-refractivity contribution < 1.29 is 28.0 Å². The Morgan fingerprint density at radius 3 is 2.40 bits per heavy atom. The van der Waals surface area contributed by atoms with Gasteiger partial charge in [0.25, 0.3) is 17.6 Å². The van der Waals surface area contributed by atoms with Crippen LogP contribution in [0.4, 0.5) is 14.5 Å². The van der Waals surface area contributed by atoms with E-state index in [-0.39, 0.29) is 30.1 Å². The summed E-state index contributed by atoms with van der Waals surface area (Å²) in [5.41, 5.74) is 0.275. The first-order valence-corrected chi connectivity index (χ1v) is 11.9. The number of nitrogens with one attached hydrogen (secondary N) is 3. The van der Waals surface area contributed by atoms with Crippen molar-refractivity contribution >= 4 is 38.4 Å². The number of carbonyl (C=O) groups is 4. The lowest BCUT2D eigenvalue weighted by Crippen LogP contribution is -2.69. The minimum Gasteiger partial charge on any atom is -0.357 e. The first-order valence-electron chi connectivity index (χ1n) is 11.3. The van der Waals surface area contributed by atoms with Gasteiger partial charge in [0.1, 0.15) is 22.5 Å². The number of anilines is 1. The molecule has 1 aromatic heterocycles. The van der Waals surface area contributed by atoms with Crippen molar-refractivity contribution in [2.75, 3.05) is 12.4 Å². The third-order valence-corrected chi connectivity index (χ3v) is 7.59. The Kier molecular flexibility index (Phi) is 5.36. The van der Waals surface area contributed by atoms with Gasteiger partial charge in [-0.3, -0.25) is 19.2 Å². The van der Waals surface area contributed by atoms with Crippen LogP contribution in [0.5, 0.6) is 0 Å². The maximum atomic E-state index is 14.2. The molecule has 2 aromatic rings. The highest BCUT2D eigenvalue weighted by atomic mass is 31.0. The summed E-state index contributed by atoms with van der Waals surface area (Å²) in [6, 6.07) is 5.40. The van der Waals surface area contributed by atoms with E-state index in [0.29, 0.717) is 29.3 Å². The van der Waals surface area contributed by atoms with Crippen LogP contribution in [0.2, 0.25) is 0 Å². The molecule has 8 nitrogen and oxygen atoms in total. The van der Waals surface area contributed by atoms with Gasteiger partial charge in [0.05, 0.1) is 5.56 Å². The van der Waals surface area contributed by atoms with Gasteiger partial charge < -0.3 is 20.5 Å². The van der Waals surface area contributed by atoms with Gasteiger partial charge in [-0.1, -0.05) is 9.24 Å². The number of nitrogens with zero attached hydrogens (tertiary/aromatic N) is 1. The Hall–Kier alpha value is -3.13. The Bertz CT molecular complexity index is 1280. The van der Waals surface area contributed by atoms with E-state index >= 15 is 0 Å². The van der Waals surface area contributed by atoms with Crippen LogP contribution < -0.4 is 16.0 Å². The SMILES string of the molecule is CNC(=O)C1(NC(=O)C(=O)c2c(C)c(C(=O)Nc3ccc(F)cc3)n3c2CC2CC23)CC(F)(P)C1. The molecule has 0 radical (unpaired) electrons. The van der Waals surface area contributed by atoms with Crippen LogP contribution in [0, 0.1) is 18.7 Å². The van der Waals surface area contributed by atoms with E-state index in [9.17, 15) is 28.0 Å². The fourth-order valence-electron chi connectivity index (χ4n) is 5.54. The molecule has 1 aromatic carbocycles. The lowest BCUT2D eigenvalue weighted by molar-refractivity contribution is -0.139. The van der Waals surface area contributed by atoms with E-state index in [1.165, 1.54) is 31.3 Å². The van der Waals surface area contributed by atoms with Gasteiger partial charge in [0.2, 0.25) is 5.91 Å². The fraction of sp³-hybridized carbons (Fsp3) is 0.417. The molecule has 11 heteroatoms. The molecule has 3 aliphatic rings. The number of aromatic nitrogens is 1. The molecular weight excluding hydrogens is 477 g/mol. The topological polar surface area (TPSA) is 109 Å². The van der Waals surface area contributed by atoms with Gasteiger partial charge in [-0.2, -0.15) is 0 Å². The first-order chi connectivity index (χ1) is 16.5. The lowest BCUT2D eigenvalue weighted by Gasteiger charge is -2.48. The summed E-state index contributed by atoms with van der Waals surface area (Å²) < 4.78 is 29.3. The summed E-state index contributed by atoms with van der Waals surface area (Å²) in [7, 11) is 3.40. The molecule has 2 saturated carbocycles. The highest BCUT2D eigenvalue weighted by Gasteiger charge is 2.59. The number of carbonyl (C=O) groups excluding carboxylic acids is 4. The molecule has 2 heterocycles. The van der Waals surface area contributed by atoms with Crippen molar-refractivity contribution in [3.05, 3.63) is 52.6 Å². The zero-order chi connectivity index (χ0) is 25.3. The number of hydrogen-bond donors (Lipinski definition) is 3. The van der Waals surface area contributed by atoms with Gasteiger partial charge in [0.15, 0.2) is 0 Å². The van der Waals surface area contributed by atoms with E-state index in [1.807, 2.05) is 13.8 Å². The normalized spacial score (nSPS) is 27.8. The van der Waals surface area contributed by atoms with Crippen LogP contribution in [0.1, 0.15) is 57.4 Å². The van der Waals surface area contributed by atoms with Gasteiger partial charge in [0, 0.05) is 37.3 Å². The molecule has 2 aliphatic carbocycles. The predicted octanol–water partition coefficient (Wildman–Crippen LogP) is 2.42.